The lowest BCUT2D eigenvalue weighted by Crippen LogP contribution is -2.42. The number of carbonyl (C=O) groups is 1. The molecular weight excluding hydrogens is 365 g/mol. The van der Waals surface area contributed by atoms with Crippen molar-refractivity contribution in [3.63, 3.8) is 0 Å². The molecule has 146 valence electrons. The third kappa shape index (κ3) is 6.22. The molecule has 27 heavy (non-hydrogen) atoms. The van der Waals surface area contributed by atoms with Gasteiger partial charge < -0.3 is 15.4 Å². The third-order valence-electron chi connectivity index (χ3n) is 3.99. The SMILES string of the molecule is CC.CSc1cccc(Oc2ncc(F)cc2C(=O)NC2CCNCC2)c1. The van der Waals surface area contributed by atoms with E-state index in [0.717, 1.165) is 43.1 Å². The highest BCUT2D eigenvalue weighted by molar-refractivity contribution is 7.98. The molecule has 0 saturated carbocycles. The van der Waals surface area contributed by atoms with Gasteiger partial charge in [0, 0.05) is 10.9 Å². The van der Waals surface area contributed by atoms with Crippen molar-refractivity contribution in [2.75, 3.05) is 19.3 Å². The number of thioether (sulfide) groups is 1. The van der Waals surface area contributed by atoms with Crippen LogP contribution in [0.2, 0.25) is 0 Å². The Hall–Kier alpha value is -2.12. The fraction of sp³-hybridized carbons (Fsp3) is 0.400. The number of hydrogen-bond donors (Lipinski definition) is 2. The number of hydrogen-bond acceptors (Lipinski definition) is 5. The molecule has 0 radical (unpaired) electrons. The van der Waals surface area contributed by atoms with E-state index in [1.54, 1.807) is 17.8 Å². The second-order valence-electron chi connectivity index (χ2n) is 5.79. The van der Waals surface area contributed by atoms with Gasteiger partial charge in [0.1, 0.15) is 17.1 Å². The van der Waals surface area contributed by atoms with E-state index in [4.69, 9.17) is 4.74 Å². The average Bonchev–Trinajstić information content (AvgIpc) is 2.71. The first-order valence-corrected chi connectivity index (χ1v) is 10.4. The summed E-state index contributed by atoms with van der Waals surface area (Å²) < 4.78 is 19.4. The second kappa shape index (κ2) is 10.9. The molecule has 2 aromatic rings. The van der Waals surface area contributed by atoms with Gasteiger partial charge >= 0.3 is 0 Å². The number of amides is 1. The molecule has 0 aliphatic carbocycles. The number of rotatable bonds is 5. The lowest BCUT2D eigenvalue weighted by Gasteiger charge is -2.24. The van der Waals surface area contributed by atoms with Gasteiger partial charge in [-0.25, -0.2) is 9.37 Å². The highest BCUT2D eigenvalue weighted by Crippen LogP contribution is 2.27. The Morgan fingerprint density at radius 2 is 2.04 bits per heavy atom. The number of aromatic nitrogens is 1. The normalized spacial score (nSPS) is 14.1. The topological polar surface area (TPSA) is 63.2 Å². The van der Waals surface area contributed by atoms with Gasteiger partial charge in [0.2, 0.25) is 5.88 Å². The minimum absolute atomic E-state index is 0.0738. The molecule has 1 aromatic carbocycles. The molecule has 1 aliphatic rings. The minimum atomic E-state index is -0.569. The monoisotopic (exact) mass is 391 g/mol. The number of ether oxygens (including phenoxy) is 1. The maximum Gasteiger partial charge on any atom is 0.257 e. The number of benzene rings is 1. The molecule has 1 amide bonds. The number of nitrogens with zero attached hydrogens (tertiary/aromatic N) is 1. The maximum absolute atomic E-state index is 13.6. The fourth-order valence-electron chi connectivity index (χ4n) is 2.68. The van der Waals surface area contributed by atoms with Crippen molar-refractivity contribution in [3.8, 4) is 11.6 Å². The first-order chi connectivity index (χ1) is 13.2. The standard InChI is InChI=1S/C18H20FN3O2S.C2H6/c1-25-15-4-2-3-14(10-15)24-18-16(9-12(19)11-21-18)17(23)22-13-5-7-20-8-6-13;1-2/h2-4,9-11,13,20H,5-8H2,1H3,(H,22,23);1-2H3. The van der Waals surface area contributed by atoms with Crippen molar-refractivity contribution in [2.24, 2.45) is 0 Å². The summed E-state index contributed by atoms with van der Waals surface area (Å²) in [5, 5.41) is 6.18. The Morgan fingerprint density at radius 3 is 2.74 bits per heavy atom. The van der Waals surface area contributed by atoms with E-state index in [1.807, 2.05) is 38.3 Å². The summed E-state index contributed by atoms with van der Waals surface area (Å²) in [6.07, 6.45) is 4.71. The Balaban J connectivity index is 0.00000126. The molecular formula is C20H26FN3O2S. The van der Waals surface area contributed by atoms with Crippen LogP contribution in [0.5, 0.6) is 11.6 Å². The number of piperidine rings is 1. The van der Waals surface area contributed by atoms with Crippen LogP contribution >= 0.6 is 11.8 Å². The summed E-state index contributed by atoms with van der Waals surface area (Å²) in [4.78, 5) is 17.6. The van der Waals surface area contributed by atoms with Crippen LogP contribution in [0.4, 0.5) is 4.39 Å². The molecule has 0 atom stereocenters. The minimum Gasteiger partial charge on any atom is -0.438 e. The lowest BCUT2D eigenvalue weighted by molar-refractivity contribution is 0.0926. The molecule has 1 aromatic heterocycles. The molecule has 1 fully saturated rings. The van der Waals surface area contributed by atoms with Crippen LogP contribution in [0.3, 0.4) is 0 Å². The smallest absolute Gasteiger partial charge is 0.257 e. The van der Waals surface area contributed by atoms with E-state index < -0.39 is 5.82 Å². The van der Waals surface area contributed by atoms with Crippen molar-refractivity contribution in [2.45, 2.75) is 37.6 Å². The van der Waals surface area contributed by atoms with E-state index in [9.17, 15) is 9.18 Å². The van der Waals surface area contributed by atoms with E-state index in [1.165, 1.54) is 0 Å². The van der Waals surface area contributed by atoms with Crippen LogP contribution in [0.1, 0.15) is 37.0 Å². The van der Waals surface area contributed by atoms with Crippen molar-refractivity contribution in [1.82, 2.24) is 15.6 Å². The Kier molecular flexibility index (Phi) is 8.54. The zero-order valence-corrected chi connectivity index (χ0v) is 16.7. The molecule has 5 nitrogen and oxygen atoms in total. The number of carbonyl (C=O) groups excluding carboxylic acids is 1. The molecule has 2 N–H and O–H groups in total. The van der Waals surface area contributed by atoms with Gasteiger partial charge in [-0.1, -0.05) is 19.9 Å². The van der Waals surface area contributed by atoms with Gasteiger partial charge in [-0.15, -0.1) is 11.8 Å². The van der Waals surface area contributed by atoms with Crippen LogP contribution in [0.25, 0.3) is 0 Å². The average molecular weight is 392 g/mol. The van der Waals surface area contributed by atoms with E-state index >= 15 is 0 Å². The van der Waals surface area contributed by atoms with Crippen molar-refractivity contribution in [1.29, 1.82) is 0 Å². The summed E-state index contributed by atoms with van der Waals surface area (Å²) in [5.74, 6) is -0.274. The largest absolute Gasteiger partial charge is 0.438 e. The van der Waals surface area contributed by atoms with Gasteiger partial charge in [0.15, 0.2) is 0 Å². The predicted molar refractivity (Wildman–Crippen MR) is 107 cm³/mol. The third-order valence-corrected chi connectivity index (χ3v) is 4.72. The summed E-state index contributed by atoms with van der Waals surface area (Å²) >= 11 is 1.58. The molecule has 0 unspecified atom stereocenters. The zero-order valence-electron chi connectivity index (χ0n) is 15.9. The van der Waals surface area contributed by atoms with E-state index in [0.29, 0.717) is 5.75 Å². The van der Waals surface area contributed by atoms with Crippen LogP contribution < -0.4 is 15.4 Å². The first-order valence-electron chi connectivity index (χ1n) is 9.15. The molecule has 1 saturated heterocycles. The molecule has 1 aliphatic heterocycles. The molecule has 0 spiro atoms. The Bertz CT molecular complexity index is 752. The quantitative estimate of drug-likeness (QED) is 0.747. The predicted octanol–water partition coefficient (Wildman–Crippen LogP) is 4.24. The van der Waals surface area contributed by atoms with Crippen LogP contribution in [0, 0.1) is 5.82 Å². The first kappa shape index (κ1) is 21.2. The number of nitrogens with one attached hydrogen (secondary N) is 2. The highest BCUT2D eigenvalue weighted by Gasteiger charge is 2.21. The molecule has 3 rings (SSSR count). The maximum atomic E-state index is 13.6. The van der Waals surface area contributed by atoms with Crippen LogP contribution in [0.15, 0.2) is 41.4 Å². The van der Waals surface area contributed by atoms with Crippen LogP contribution in [-0.4, -0.2) is 36.3 Å². The molecule has 2 heterocycles. The Morgan fingerprint density at radius 1 is 1.30 bits per heavy atom. The highest BCUT2D eigenvalue weighted by atomic mass is 32.2. The summed E-state index contributed by atoms with van der Waals surface area (Å²) in [5.41, 5.74) is 0.105. The van der Waals surface area contributed by atoms with E-state index in [-0.39, 0.29) is 23.4 Å². The number of pyridine rings is 1. The van der Waals surface area contributed by atoms with Gasteiger partial charge in [-0.2, -0.15) is 0 Å². The van der Waals surface area contributed by atoms with E-state index in [2.05, 4.69) is 15.6 Å². The number of halogens is 1. The Labute approximate surface area is 164 Å². The van der Waals surface area contributed by atoms with Crippen molar-refractivity contribution in [3.05, 3.63) is 47.9 Å². The van der Waals surface area contributed by atoms with Gasteiger partial charge in [-0.3, -0.25) is 4.79 Å². The second-order valence-corrected chi connectivity index (χ2v) is 6.66. The van der Waals surface area contributed by atoms with Crippen molar-refractivity contribution < 1.29 is 13.9 Å². The van der Waals surface area contributed by atoms with Gasteiger partial charge in [-0.05, 0) is 56.5 Å². The van der Waals surface area contributed by atoms with Gasteiger partial charge in [0.05, 0.1) is 6.20 Å². The fourth-order valence-corrected chi connectivity index (χ4v) is 3.13. The van der Waals surface area contributed by atoms with Crippen molar-refractivity contribution >= 4 is 17.7 Å². The van der Waals surface area contributed by atoms with Gasteiger partial charge in [0.25, 0.3) is 5.91 Å². The molecule has 0 bridgehead atoms. The lowest BCUT2D eigenvalue weighted by atomic mass is 10.1. The summed E-state index contributed by atoms with van der Waals surface area (Å²) in [7, 11) is 0. The molecule has 7 heteroatoms. The van der Waals surface area contributed by atoms with Crippen LogP contribution in [-0.2, 0) is 0 Å². The summed E-state index contributed by atoms with van der Waals surface area (Å²) in [6, 6.07) is 8.69. The zero-order chi connectivity index (χ0) is 19.6. The summed E-state index contributed by atoms with van der Waals surface area (Å²) in [6.45, 7) is 5.72.